The van der Waals surface area contributed by atoms with E-state index in [2.05, 4.69) is 4.98 Å². The number of rotatable bonds is 5. The molecule has 0 fully saturated rings. The number of carbonyl (C=O) groups excluding carboxylic acids is 2. The fourth-order valence-corrected chi connectivity index (χ4v) is 5.11. The summed E-state index contributed by atoms with van der Waals surface area (Å²) in [6.07, 6.45) is 0.851. The van der Waals surface area contributed by atoms with Crippen LogP contribution in [-0.4, -0.2) is 32.1 Å². The van der Waals surface area contributed by atoms with Gasteiger partial charge in [-0.1, -0.05) is 30.8 Å². The largest absolute Gasteiger partial charge is 0.287 e. The Labute approximate surface area is 163 Å². The van der Waals surface area contributed by atoms with E-state index in [-0.39, 0.29) is 23.3 Å². The lowest BCUT2D eigenvalue weighted by Gasteiger charge is -2.15. The summed E-state index contributed by atoms with van der Waals surface area (Å²) in [5.41, 5.74) is 0.763. The van der Waals surface area contributed by atoms with Gasteiger partial charge in [-0.2, -0.15) is 0 Å². The topological polar surface area (TPSA) is 72.3 Å². The highest BCUT2D eigenvalue weighted by Gasteiger charge is 2.35. The van der Waals surface area contributed by atoms with Crippen LogP contribution in [0.1, 0.15) is 39.4 Å². The molecule has 0 spiro atoms. The molecule has 2 aromatic heterocycles. The average Bonchev–Trinajstić information content (AvgIpc) is 3.21. The molecule has 2 amide bonds. The minimum Gasteiger partial charge on any atom is -0.287 e. The van der Waals surface area contributed by atoms with E-state index in [1.165, 1.54) is 28.0 Å². The second kappa shape index (κ2) is 6.94. The number of aryl methyl sites for hydroxylation is 1. The highest BCUT2D eigenvalue weighted by atomic mass is 32.2. The van der Waals surface area contributed by atoms with Gasteiger partial charge in [-0.25, -0.2) is 4.98 Å². The molecule has 0 unspecified atom stereocenters. The first-order chi connectivity index (χ1) is 13.0. The van der Waals surface area contributed by atoms with E-state index >= 15 is 0 Å². The number of hydrogen-bond donors (Lipinski definition) is 0. The molecule has 0 atom stereocenters. The molecule has 0 saturated carbocycles. The molecule has 3 aromatic rings. The van der Waals surface area contributed by atoms with E-state index in [1.54, 1.807) is 28.8 Å². The molecule has 27 heavy (non-hydrogen) atoms. The van der Waals surface area contributed by atoms with Crippen LogP contribution in [-0.2, 0) is 13.0 Å². The second-order valence-corrected chi connectivity index (χ2v) is 8.11. The van der Waals surface area contributed by atoms with Crippen molar-refractivity contribution < 1.29 is 9.59 Å². The van der Waals surface area contributed by atoms with Gasteiger partial charge in [0.15, 0.2) is 5.16 Å². The second-order valence-electron chi connectivity index (χ2n) is 6.09. The molecule has 0 bridgehead atoms. The quantitative estimate of drug-likeness (QED) is 0.374. The van der Waals surface area contributed by atoms with E-state index in [0.717, 1.165) is 11.3 Å². The third-order valence-electron chi connectivity index (χ3n) is 4.53. The zero-order valence-electron chi connectivity index (χ0n) is 14.9. The summed E-state index contributed by atoms with van der Waals surface area (Å²) in [5, 5.41) is 1.15. The highest BCUT2D eigenvalue weighted by Crippen LogP contribution is 2.28. The zero-order chi connectivity index (χ0) is 19.1. The number of carbonyl (C=O) groups is 2. The van der Waals surface area contributed by atoms with E-state index in [1.807, 2.05) is 19.9 Å². The number of imide groups is 1. The zero-order valence-corrected chi connectivity index (χ0v) is 16.5. The van der Waals surface area contributed by atoms with Crippen molar-refractivity contribution in [2.24, 2.45) is 0 Å². The molecule has 0 N–H and O–H groups in total. The van der Waals surface area contributed by atoms with Crippen LogP contribution < -0.4 is 5.56 Å². The van der Waals surface area contributed by atoms with E-state index in [0.29, 0.717) is 33.0 Å². The maximum atomic E-state index is 12.8. The molecule has 1 aliphatic heterocycles. The summed E-state index contributed by atoms with van der Waals surface area (Å²) in [7, 11) is 0. The van der Waals surface area contributed by atoms with Crippen LogP contribution in [0.15, 0.2) is 40.3 Å². The predicted octanol–water partition coefficient (Wildman–Crippen LogP) is 3.39. The number of amides is 2. The van der Waals surface area contributed by atoms with Crippen molar-refractivity contribution in [1.29, 1.82) is 0 Å². The van der Waals surface area contributed by atoms with Gasteiger partial charge in [-0.3, -0.25) is 23.9 Å². The first kappa shape index (κ1) is 17.9. The average molecular weight is 399 g/mol. The molecule has 0 saturated heterocycles. The first-order valence-corrected chi connectivity index (χ1v) is 10.5. The number of nitrogens with zero attached hydrogens (tertiary/aromatic N) is 3. The van der Waals surface area contributed by atoms with Crippen molar-refractivity contribution in [1.82, 2.24) is 14.5 Å². The van der Waals surface area contributed by atoms with Crippen LogP contribution in [0.4, 0.5) is 0 Å². The molecule has 6 nitrogen and oxygen atoms in total. The van der Waals surface area contributed by atoms with Crippen molar-refractivity contribution in [2.45, 2.75) is 32.0 Å². The third-order valence-corrected chi connectivity index (χ3v) is 6.66. The third kappa shape index (κ3) is 2.89. The van der Waals surface area contributed by atoms with Gasteiger partial charge >= 0.3 is 0 Å². The molecule has 3 heterocycles. The molecule has 8 heteroatoms. The van der Waals surface area contributed by atoms with Gasteiger partial charge in [0.25, 0.3) is 17.4 Å². The van der Waals surface area contributed by atoms with Crippen molar-refractivity contribution in [3.8, 4) is 0 Å². The summed E-state index contributed by atoms with van der Waals surface area (Å²) in [5.74, 6) is -0.492. The van der Waals surface area contributed by atoms with Crippen molar-refractivity contribution in [2.75, 3.05) is 5.88 Å². The maximum Gasteiger partial charge on any atom is 0.262 e. The smallest absolute Gasteiger partial charge is 0.262 e. The molecule has 1 aliphatic rings. The van der Waals surface area contributed by atoms with Crippen molar-refractivity contribution in [3.63, 3.8) is 0 Å². The summed E-state index contributed by atoms with van der Waals surface area (Å²) in [6, 6.07) is 8.70. The Balaban J connectivity index is 1.65. The lowest BCUT2D eigenvalue weighted by atomic mass is 10.1. The standard InChI is InChI=1S/C19H17N3O3S2/c1-3-11-9-14-15(27-11)20-19(21(4-2)18(14)25)26-10-22-16(23)12-7-5-6-8-13(12)17(22)24/h5-9H,3-4,10H2,1-2H3. The minimum absolute atomic E-state index is 0.0803. The first-order valence-electron chi connectivity index (χ1n) is 8.66. The Bertz CT molecular complexity index is 1100. The van der Waals surface area contributed by atoms with Gasteiger partial charge < -0.3 is 0 Å². The molecule has 138 valence electrons. The molecular weight excluding hydrogens is 382 g/mol. The Morgan fingerprint density at radius 2 is 1.74 bits per heavy atom. The molecule has 1 aromatic carbocycles. The van der Waals surface area contributed by atoms with Crippen LogP contribution in [0.2, 0.25) is 0 Å². The minimum atomic E-state index is -0.307. The Morgan fingerprint density at radius 3 is 2.33 bits per heavy atom. The van der Waals surface area contributed by atoms with Crippen LogP contribution in [0, 0.1) is 0 Å². The molecular formula is C19H17N3O3S2. The van der Waals surface area contributed by atoms with Crippen LogP contribution in [0.3, 0.4) is 0 Å². The monoisotopic (exact) mass is 399 g/mol. The lowest BCUT2D eigenvalue weighted by molar-refractivity contribution is 0.0684. The fourth-order valence-electron chi connectivity index (χ4n) is 3.09. The summed E-state index contributed by atoms with van der Waals surface area (Å²) in [6.45, 7) is 4.40. The summed E-state index contributed by atoms with van der Waals surface area (Å²) >= 11 is 2.74. The van der Waals surface area contributed by atoms with Crippen LogP contribution >= 0.6 is 23.1 Å². The molecule has 4 rings (SSSR count). The number of fused-ring (bicyclic) bond motifs is 2. The lowest BCUT2D eigenvalue weighted by Crippen LogP contribution is -2.30. The van der Waals surface area contributed by atoms with Gasteiger partial charge in [0.2, 0.25) is 0 Å². The van der Waals surface area contributed by atoms with Gasteiger partial charge in [0.1, 0.15) is 4.83 Å². The maximum absolute atomic E-state index is 12.8. The number of hydrogen-bond acceptors (Lipinski definition) is 6. The number of thioether (sulfide) groups is 1. The number of thiophene rings is 1. The van der Waals surface area contributed by atoms with E-state index in [4.69, 9.17) is 0 Å². The van der Waals surface area contributed by atoms with Gasteiger partial charge in [0, 0.05) is 11.4 Å². The van der Waals surface area contributed by atoms with E-state index in [9.17, 15) is 14.4 Å². The Kier molecular flexibility index (Phi) is 4.61. The molecule has 0 radical (unpaired) electrons. The summed E-state index contributed by atoms with van der Waals surface area (Å²) < 4.78 is 1.59. The normalized spacial score (nSPS) is 13.6. The molecule has 0 aliphatic carbocycles. The van der Waals surface area contributed by atoms with Crippen molar-refractivity contribution >= 4 is 45.1 Å². The number of aromatic nitrogens is 2. The summed E-state index contributed by atoms with van der Waals surface area (Å²) in [4.78, 5) is 45.4. The highest BCUT2D eigenvalue weighted by molar-refractivity contribution is 7.99. The van der Waals surface area contributed by atoms with Crippen LogP contribution in [0.5, 0.6) is 0 Å². The Morgan fingerprint density at radius 1 is 1.07 bits per heavy atom. The van der Waals surface area contributed by atoms with Crippen LogP contribution in [0.25, 0.3) is 10.2 Å². The van der Waals surface area contributed by atoms with Gasteiger partial charge in [0.05, 0.1) is 22.4 Å². The van der Waals surface area contributed by atoms with E-state index < -0.39 is 0 Å². The van der Waals surface area contributed by atoms with Crippen molar-refractivity contribution in [3.05, 3.63) is 56.7 Å². The SMILES string of the molecule is CCc1cc2c(=O)n(CC)c(SCN3C(=O)c4ccccc4C3=O)nc2s1. The number of benzene rings is 1. The Hall–Kier alpha value is -2.45. The predicted molar refractivity (Wildman–Crippen MR) is 107 cm³/mol. The van der Waals surface area contributed by atoms with Gasteiger partial charge in [-0.05, 0) is 31.5 Å². The van der Waals surface area contributed by atoms with Gasteiger partial charge in [-0.15, -0.1) is 11.3 Å². The fraction of sp³-hybridized carbons (Fsp3) is 0.263.